The minimum absolute atomic E-state index is 0.0888. The number of nitrogens with zero attached hydrogens (tertiary/aromatic N) is 2. The second-order valence-electron chi connectivity index (χ2n) is 8.79. The van der Waals surface area contributed by atoms with Crippen molar-refractivity contribution in [2.75, 3.05) is 26.7 Å². The predicted octanol–water partition coefficient (Wildman–Crippen LogP) is 2.75. The van der Waals surface area contributed by atoms with Gasteiger partial charge in [0.15, 0.2) is 0 Å². The summed E-state index contributed by atoms with van der Waals surface area (Å²) in [5.74, 6) is 0.319. The highest BCUT2D eigenvalue weighted by Crippen LogP contribution is 2.35. The van der Waals surface area contributed by atoms with E-state index in [1.807, 2.05) is 26.0 Å². The van der Waals surface area contributed by atoms with Gasteiger partial charge in [-0.3, -0.25) is 4.79 Å². The van der Waals surface area contributed by atoms with Gasteiger partial charge < -0.3 is 14.7 Å². The molecule has 8 heteroatoms. The third-order valence-corrected chi connectivity index (χ3v) is 8.35. The molecular weight excluding hydrogens is 416 g/mol. The Labute approximate surface area is 185 Å². The normalized spacial score (nSPS) is 25.1. The van der Waals surface area contributed by atoms with Crippen LogP contribution in [0.1, 0.15) is 45.6 Å². The molecule has 7 nitrogen and oxygen atoms in total. The van der Waals surface area contributed by atoms with Crippen molar-refractivity contribution in [1.29, 1.82) is 0 Å². The summed E-state index contributed by atoms with van der Waals surface area (Å²) in [5, 5.41) is 9.71. The van der Waals surface area contributed by atoms with Crippen molar-refractivity contribution >= 4 is 22.0 Å². The molecule has 0 radical (unpaired) electrons. The van der Waals surface area contributed by atoms with Crippen LogP contribution < -0.4 is 4.74 Å². The molecule has 1 fully saturated rings. The summed E-state index contributed by atoms with van der Waals surface area (Å²) in [7, 11) is -2.06. The number of amides is 1. The van der Waals surface area contributed by atoms with Gasteiger partial charge in [0.2, 0.25) is 15.9 Å². The summed E-state index contributed by atoms with van der Waals surface area (Å²) in [4.78, 5) is 14.5. The number of aliphatic hydroxyl groups excluding tert-OH is 1. The Hall–Kier alpha value is -1.90. The Morgan fingerprint density at radius 2 is 2.10 bits per heavy atom. The molecule has 172 valence electrons. The molecule has 0 spiro atoms. The van der Waals surface area contributed by atoms with E-state index < -0.39 is 16.1 Å². The van der Waals surface area contributed by atoms with Crippen molar-refractivity contribution in [3.8, 4) is 5.75 Å². The molecule has 3 atom stereocenters. The average Bonchev–Trinajstić information content (AvgIpc) is 2.68. The Balaban J connectivity index is 1.99. The lowest BCUT2D eigenvalue weighted by molar-refractivity contribution is -0.138. The fraction of sp³-hybridized carbons (Fsp3) is 0.609. The van der Waals surface area contributed by atoms with Gasteiger partial charge in [-0.2, -0.15) is 4.31 Å². The minimum Gasteiger partial charge on any atom is -0.487 e. The first-order valence-corrected chi connectivity index (χ1v) is 12.4. The molecule has 1 amide bonds. The van der Waals surface area contributed by atoms with Crippen molar-refractivity contribution in [2.24, 2.45) is 11.8 Å². The van der Waals surface area contributed by atoms with Crippen LogP contribution in [0.3, 0.4) is 0 Å². The van der Waals surface area contributed by atoms with Crippen LogP contribution in [0.5, 0.6) is 5.75 Å². The molecule has 1 aromatic rings. The SMILES string of the molecule is C/C=C/c1ccc2c(c1)O[C@@H](CN(C)C(=O)C1CCC1)[C@@H](C)CN([C@H](C)CO)S2(=O)=O. The number of sulfonamides is 1. The van der Waals surface area contributed by atoms with Crippen LogP contribution in [0.25, 0.3) is 6.08 Å². The highest BCUT2D eigenvalue weighted by molar-refractivity contribution is 7.89. The number of rotatable bonds is 6. The van der Waals surface area contributed by atoms with Crippen LogP contribution in [-0.2, 0) is 14.8 Å². The molecule has 2 aliphatic rings. The van der Waals surface area contributed by atoms with Crippen molar-refractivity contribution in [3.05, 3.63) is 29.8 Å². The Kier molecular flexibility index (Phi) is 7.44. The quantitative estimate of drug-likeness (QED) is 0.720. The van der Waals surface area contributed by atoms with Gasteiger partial charge in [-0.05, 0) is 44.4 Å². The maximum atomic E-state index is 13.4. The highest BCUT2D eigenvalue weighted by Gasteiger charge is 2.39. The monoisotopic (exact) mass is 450 g/mol. The first-order valence-electron chi connectivity index (χ1n) is 11.0. The Morgan fingerprint density at radius 3 is 2.68 bits per heavy atom. The molecule has 0 bridgehead atoms. The minimum atomic E-state index is -3.85. The van der Waals surface area contributed by atoms with Gasteiger partial charge >= 0.3 is 0 Å². The van der Waals surface area contributed by atoms with Crippen molar-refractivity contribution < 1.29 is 23.1 Å². The number of hydrogen-bond acceptors (Lipinski definition) is 5. The lowest BCUT2D eigenvalue weighted by Gasteiger charge is -2.38. The third-order valence-electron chi connectivity index (χ3n) is 6.33. The summed E-state index contributed by atoms with van der Waals surface area (Å²) in [6.45, 7) is 5.83. The van der Waals surface area contributed by atoms with Crippen LogP contribution >= 0.6 is 0 Å². The number of benzene rings is 1. The summed E-state index contributed by atoms with van der Waals surface area (Å²) in [6, 6.07) is 4.47. The zero-order valence-corrected chi connectivity index (χ0v) is 19.6. The van der Waals surface area contributed by atoms with E-state index in [4.69, 9.17) is 4.74 Å². The van der Waals surface area contributed by atoms with Crippen molar-refractivity contribution in [1.82, 2.24) is 9.21 Å². The fourth-order valence-electron chi connectivity index (χ4n) is 4.08. The molecule has 1 N–H and O–H groups in total. The number of ether oxygens (including phenoxy) is 1. The predicted molar refractivity (Wildman–Crippen MR) is 120 cm³/mol. The molecular formula is C23H34N2O5S. The van der Waals surface area contributed by atoms with E-state index in [1.54, 1.807) is 37.1 Å². The van der Waals surface area contributed by atoms with Gasteiger partial charge in [-0.25, -0.2) is 8.42 Å². The summed E-state index contributed by atoms with van der Waals surface area (Å²) in [6.07, 6.45) is 6.34. The molecule has 1 saturated carbocycles. The van der Waals surface area contributed by atoms with E-state index in [1.165, 1.54) is 4.31 Å². The zero-order valence-electron chi connectivity index (χ0n) is 18.8. The van der Waals surface area contributed by atoms with E-state index in [0.29, 0.717) is 6.54 Å². The largest absolute Gasteiger partial charge is 0.487 e. The first kappa shape index (κ1) is 23.8. The number of carbonyl (C=O) groups excluding carboxylic acids is 1. The molecule has 3 rings (SSSR count). The van der Waals surface area contributed by atoms with Crippen LogP contribution in [-0.4, -0.2) is 67.5 Å². The zero-order chi connectivity index (χ0) is 22.8. The van der Waals surface area contributed by atoms with Crippen LogP contribution in [0.4, 0.5) is 0 Å². The smallest absolute Gasteiger partial charge is 0.247 e. The molecule has 0 aromatic heterocycles. The van der Waals surface area contributed by atoms with E-state index in [2.05, 4.69) is 0 Å². The Bertz CT molecular complexity index is 926. The number of likely N-dealkylation sites (N-methyl/N-ethyl adjacent to an activating group) is 1. The van der Waals surface area contributed by atoms with E-state index in [0.717, 1.165) is 24.8 Å². The number of allylic oxidation sites excluding steroid dienone is 1. The van der Waals surface area contributed by atoms with E-state index in [9.17, 15) is 18.3 Å². The summed E-state index contributed by atoms with van der Waals surface area (Å²) in [5.41, 5.74) is 0.837. The highest BCUT2D eigenvalue weighted by atomic mass is 32.2. The van der Waals surface area contributed by atoms with Crippen molar-refractivity contribution in [3.63, 3.8) is 0 Å². The first-order chi connectivity index (χ1) is 14.7. The van der Waals surface area contributed by atoms with E-state index >= 15 is 0 Å². The fourth-order valence-corrected chi connectivity index (χ4v) is 5.91. The van der Waals surface area contributed by atoms with Crippen LogP contribution in [0, 0.1) is 11.8 Å². The maximum absolute atomic E-state index is 13.4. The molecule has 0 unspecified atom stereocenters. The second-order valence-corrected chi connectivity index (χ2v) is 10.7. The maximum Gasteiger partial charge on any atom is 0.247 e. The number of aliphatic hydroxyl groups is 1. The lowest BCUT2D eigenvalue weighted by atomic mass is 9.84. The van der Waals surface area contributed by atoms with Crippen molar-refractivity contribution in [2.45, 2.75) is 57.1 Å². The third kappa shape index (κ3) is 4.96. The molecule has 1 aromatic carbocycles. The van der Waals surface area contributed by atoms with Gasteiger partial charge in [0.05, 0.1) is 13.2 Å². The second kappa shape index (κ2) is 9.71. The summed E-state index contributed by atoms with van der Waals surface area (Å²) >= 11 is 0. The number of fused-ring (bicyclic) bond motifs is 1. The van der Waals surface area contributed by atoms with Gasteiger partial charge in [-0.1, -0.05) is 31.6 Å². The van der Waals surface area contributed by atoms with Gasteiger partial charge in [0, 0.05) is 31.5 Å². The summed E-state index contributed by atoms with van der Waals surface area (Å²) < 4.78 is 34.5. The number of hydrogen-bond donors (Lipinski definition) is 1. The van der Waals surface area contributed by atoms with Gasteiger partial charge in [0.1, 0.15) is 16.7 Å². The topological polar surface area (TPSA) is 87.2 Å². The van der Waals surface area contributed by atoms with Gasteiger partial charge in [0.25, 0.3) is 0 Å². The molecule has 1 aliphatic heterocycles. The molecule has 1 aliphatic carbocycles. The van der Waals surface area contributed by atoms with E-state index in [-0.39, 0.29) is 47.6 Å². The molecule has 31 heavy (non-hydrogen) atoms. The molecule has 1 heterocycles. The van der Waals surface area contributed by atoms with Gasteiger partial charge in [-0.15, -0.1) is 0 Å². The number of carbonyl (C=O) groups is 1. The average molecular weight is 451 g/mol. The van der Waals surface area contributed by atoms with Crippen LogP contribution in [0.15, 0.2) is 29.2 Å². The Morgan fingerprint density at radius 1 is 1.39 bits per heavy atom. The standard InChI is InChI=1S/C23H34N2O5S/c1-5-7-18-10-11-22-20(12-18)30-21(14-24(4)23(27)19-8-6-9-19)16(2)13-25(17(3)15-26)31(22,28)29/h5,7,10-12,16-17,19,21,26H,6,8-9,13-15H2,1-4H3/b7-5+/t16-,17+,21-/m0/s1. The van der Waals surface area contributed by atoms with Crippen LogP contribution in [0.2, 0.25) is 0 Å². The molecule has 0 saturated heterocycles. The lowest BCUT2D eigenvalue weighted by Crippen LogP contribution is -2.50.